The van der Waals surface area contributed by atoms with E-state index in [2.05, 4.69) is 10.2 Å². The van der Waals surface area contributed by atoms with Crippen LogP contribution < -0.4 is 5.73 Å². The molecule has 2 amide bonds. The molecule has 132 valence electrons. The van der Waals surface area contributed by atoms with Crippen LogP contribution in [0.3, 0.4) is 0 Å². The van der Waals surface area contributed by atoms with Crippen LogP contribution in [0.1, 0.15) is 34.5 Å². The number of nitrogens with zero attached hydrogens (tertiary/aromatic N) is 4. The summed E-state index contributed by atoms with van der Waals surface area (Å²) in [6, 6.07) is 9.94. The highest BCUT2D eigenvalue weighted by Gasteiger charge is 2.47. The number of piperidine rings is 1. The van der Waals surface area contributed by atoms with Crippen LogP contribution in [0.15, 0.2) is 30.3 Å². The predicted molar refractivity (Wildman–Crippen MR) is 93.6 cm³/mol. The number of hydrogen-bond acceptors (Lipinski definition) is 6. The molecular weight excluding hydrogens is 338 g/mol. The van der Waals surface area contributed by atoms with Crippen LogP contribution in [0.5, 0.6) is 0 Å². The Morgan fingerprint density at radius 3 is 2.88 bits per heavy atom. The van der Waals surface area contributed by atoms with E-state index >= 15 is 0 Å². The average Bonchev–Trinajstić information content (AvgIpc) is 3.19. The molecule has 0 radical (unpaired) electrons. The molecule has 3 heterocycles. The van der Waals surface area contributed by atoms with Gasteiger partial charge in [0.1, 0.15) is 16.6 Å². The summed E-state index contributed by atoms with van der Waals surface area (Å²) in [7, 11) is 0. The van der Waals surface area contributed by atoms with E-state index in [1.165, 1.54) is 0 Å². The number of carbonyl (C=O) groups is 1. The van der Waals surface area contributed by atoms with E-state index in [1.54, 1.807) is 16.4 Å². The molecule has 0 spiro atoms. The molecule has 2 atom stereocenters. The molecular formula is C17H21N5O2S. The van der Waals surface area contributed by atoms with Crippen molar-refractivity contribution < 1.29 is 9.63 Å². The lowest BCUT2D eigenvalue weighted by atomic mass is 10.0. The molecule has 8 heteroatoms. The number of carbonyl (C=O) groups excluding carboxylic acids is 1. The van der Waals surface area contributed by atoms with E-state index in [0.29, 0.717) is 19.7 Å². The molecule has 2 aliphatic heterocycles. The summed E-state index contributed by atoms with van der Waals surface area (Å²) in [5.41, 5.74) is 6.64. The molecule has 7 nitrogen and oxygen atoms in total. The number of fused-ring (bicyclic) bond motifs is 2. The smallest absolute Gasteiger partial charge is 0.330 e. The maximum atomic E-state index is 12.8. The third kappa shape index (κ3) is 3.24. The lowest BCUT2D eigenvalue weighted by Crippen LogP contribution is -2.33. The first-order valence-corrected chi connectivity index (χ1v) is 9.37. The highest BCUT2D eigenvalue weighted by molar-refractivity contribution is 7.11. The lowest BCUT2D eigenvalue weighted by molar-refractivity contribution is -0.140. The number of nitrogens with two attached hydrogens (primary N) is 1. The highest BCUT2D eigenvalue weighted by atomic mass is 32.1. The zero-order chi connectivity index (χ0) is 17.2. The summed E-state index contributed by atoms with van der Waals surface area (Å²) < 4.78 is 0. The summed E-state index contributed by atoms with van der Waals surface area (Å²) in [4.78, 5) is 20.5. The Labute approximate surface area is 150 Å². The van der Waals surface area contributed by atoms with Gasteiger partial charge in [-0.3, -0.25) is 4.84 Å². The minimum atomic E-state index is -0.0704. The van der Waals surface area contributed by atoms with E-state index < -0.39 is 0 Å². The van der Waals surface area contributed by atoms with Crippen LogP contribution in [-0.4, -0.2) is 45.3 Å². The molecule has 0 saturated carbocycles. The molecule has 0 aliphatic carbocycles. The Bertz CT molecular complexity index is 738. The highest BCUT2D eigenvalue weighted by Crippen LogP contribution is 2.39. The first-order chi connectivity index (χ1) is 12.3. The summed E-state index contributed by atoms with van der Waals surface area (Å²) in [5.74, 6) is 0. The van der Waals surface area contributed by atoms with Crippen molar-refractivity contribution in [1.82, 2.24) is 20.2 Å². The van der Waals surface area contributed by atoms with Crippen molar-refractivity contribution in [2.45, 2.75) is 38.0 Å². The fraction of sp³-hybridized carbons (Fsp3) is 0.471. The molecule has 2 N–H and O–H groups in total. The molecule has 25 heavy (non-hydrogen) atoms. The molecule has 2 aromatic rings. The summed E-state index contributed by atoms with van der Waals surface area (Å²) >= 11 is 1.56. The number of rotatable bonds is 6. The molecule has 2 bridgehead atoms. The normalized spacial score (nSPS) is 22.7. The van der Waals surface area contributed by atoms with Gasteiger partial charge in [0, 0.05) is 13.0 Å². The van der Waals surface area contributed by atoms with Gasteiger partial charge in [-0.05, 0) is 24.9 Å². The number of hydrogen-bond donors (Lipinski definition) is 1. The Balaban J connectivity index is 1.44. The summed E-state index contributed by atoms with van der Waals surface area (Å²) in [5, 5.41) is 11.9. The predicted octanol–water partition coefficient (Wildman–Crippen LogP) is 2.11. The third-order valence-electron chi connectivity index (χ3n) is 4.66. The molecule has 1 aromatic heterocycles. The Hall–Kier alpha value is -2.03. The zero-order valence-electron chi connectivity index (χ0n) is 13.9. The van der Waals surface area contributed by atoms with E-state index in [0.717, 1.165) is 34.8 Å². The number of hydroxylamine groups is 2. The van der Waals surface area contributed by atoms with Crippen LogP contribution in [0.4, 0.5) is 4.79 Å². The van der Waals surface area contributed by atoms with Gasteiger partial charge in [-0.1, -0.05) is 41.7 Å². The van der Waals surface area contributed by atoms with Gasteiger partial charge in [-0.2, -0.15) is 5.06 Å². The van der Waals surface area contributed by atoms with Crippen molar-refractivity contribution in [2.75, 3.05) is 13.1 Å². The van der Waals surface area contributed by atoms with Crippen molar-refractivity contribution in [2.24, 2.45) is 5.73 Å². The van der Waals surface area contributed by atoms with Crippen molar-refractivity contribution in [3.05, 3.63) is 45.9 Å². The Kier molecular flexibility index (Phi) is 4.65. The number of amides is 2. The van der Waals surface area contributed by atoms with E-state index in [-0.39, 0.29) is 18.1 Å². The van der Waals surface area contributed by atoms with Crippen LogP contribution in [-0.2, 0) is 17.9 Å². The van der Waals surface area contributed by atoms with Crippen LogP contribution in [0.2, 0.25) is 0 Å². The topological polar surface area (TPSA) is 84.6 Å². The molecule has 2 fully saturated rings. The average molecular weight is 359 g/mol. The minimum Gasteiger partial charge on any atom is -0.330 e. The fourth-order valence-corrected chi connectivity index (χ4v) is 4.40. The number of urea groups is 1. The Morgan fingerprint density at radius 1 is 1.24 bits per heavy atom. The van der Waals surface area contributed by atoms with Crippen molar-refractivity contribution >= 4 is 17.4 Å². The van der Waals surface area contributed by atoms with Crippen molar-refractivity contribution in [3.63, 3.8) is 0 Å². The van der Waals surface area contributed by atoms with Gasteiger partial charge in [-0.15, -0.1) is 10.2 Å². The maximum absolute atomic E-state index is 12.8. The van der Waals surface area contributed by atoms with E-state index in [4.69, 9.17) is 10.6 Å². The van der Waals surface area contributed by atoms with Crippen molar-refractivity contribution in [1.29, 1.82) is 0 Å². The molecule has 2 unspecified atom stereocenters. The van der Waals surface area contributed by atoms with Crippen LogP contribution >= 0.6 is 11.3 Å². The van der Waals surface area contributed by atoms with Gasteiger partial charge in [-0.25, -0.2) is 4.79 Å². The summed E-state index contributed by atoms with van der Waals surface area (Å²) in [6.45, 7) is 1.65. The van der Waals surface area contributed by atoms with Crippen LogP contribution in [0, 0.1) is 0 Å². The standard InChI is InChI=1S/C17H21N5O2S/c18-9-8-15-19-20-16(25-15)14-7-6-13-10-21(14)17(23)22(13)24-11-12-4-2-1-3-5-12/h1-5,13-14H,6-11,18H2. The zero-order valence-corrected chi connectivity index (χ0v) is 14.7. The van der Waals surface area contributed by atoms with Gasteiger partial charge in [0.25, 0.3) is 0 Å². The van der Waals surface area contributed by atoms with Gasteiger partial charge in [0.2, 0.25) is 0 Å². The maximum Gasteiger partial charge on any atom is 0.344 e. The summed E-state index contributed by atoms with van der Waals surface area (Å²) in [6.07, 6.45) is 2.53. The monoisotopic (exact) mass is 359 g/mol. The van der Waals surface area contributed by atoms with E-state index in [1.807, 2.05) is 35.2 Å². The lowest BCUT2D eigenvalue weighted by Gasteiger charge is -2.28. The molecule has 2 saturated heterocycles. The second-order valence-electron chi connectivity index (χ2n) is 6.34. The van der Waals surface area contributed by atoms with Gasteiger partial charge < -0.3 is 10.6 Å². The third-order valence-corrected chi connectivity index (χ3v) is 5.75. The molecule has 2 aliphatic rings. The van der Waals surface area contributed by atoms with Crippen LogP contribution in [0.25, 0.3) is 0 Å². The second kappa shape index (κ2) is 7.07. The molecule has 4 rings (SSSR count). The van der Waals surface area contributed by atoms with E-state index in [9.17, 15) is 4.79 Å². The minimum absolute atomic E-state index is 0.00176. The van der Waals surface area contributed by atoms with Gasteiger partial charge in [0.15, 0.2) is 0 Å². The quantitative estimate of drug-likeness (QED) is 0.854. The first kappa shape index (κ1) is 16.4. The van der Waals surface area contributed by atoms with Gasteiger partial charge >= 0.3 is 6.03 Å². The largest absolute Gasteiger partial charge is 0.344 e. The SMILES string of the molecule is NCCc1nnc(C2CCC3CN2C(=O)N3OCc2ccccc2)s1. The number of aromatic nitrogens is 2. The molecule has 1 aromatic carbocycles. The Morgan fingerprint density at radius 2 is 2.08 bits per heavy atom. The van der Waals surface area contributed by atoms with Crippen molar-refractivity contribution in [3.8, 4) is 0 Å². The van der Waals surface area contributed by atoms with Gasteiger partial charge in [0.05, 0.1) is 12.1 Å². The first-order valence-electron chi connectivity index (χ1n) is 8.55. The second-order valence-corrected chi connectivity index (χ2v) is 7.43. The number of benzene rings is 1. The fourth-order valence-electron chi connectivity index (χ4n) is 3.40.